The van der Waals surface area contributed by atoms with E-state index in [0.29, 0.717) is 22.4 Å². The molecule has 4 nitrogen and oxygen atoms in total. The van der Waals surface area contributed by atoms with Crippen LogP contribution in [0.3, 0.4) is 0 Å². The van der Waals surface area contributed by atoms with E-state index in [1.165, 1.54) is 13.2 Å². The number of carbonyl (C=O) groups is 1. The van der Waals surface area contributed by atoms with Crippen molar-refractivity contribution < 1.29 is 22.7 Å². The highest BCUT2D eigenvalue weighted by Gasteiger charge is 2.16. The van der Waals surface area contributed by atoms with Crippen LogP contribution < -0.4 is 15.4 Å². The number of urea groups is 1. The lowest BCUT2D eigenvalue weighted by molar-refractivity contribution is 0.262. The smallest absolute Gasteiger partial charge is 0.323 e. The Balaban J connectivity index is 2.21. The lowest BCUT2D eigenvalue weighted by Gasteiger charge is -2.13. The van der Waals surface area contributed by atoms with Crippen molar-refractivity contribution in [2.75, 3.05) is 17.7 Å². The molecule has 0 heterocycles. The molecule has 0 aliphatic carbocycles. The van der Waals surface area contributed by atoms with Crippen LogP contribution in [0.4, 0.5) is 29.3 Å². The third-order valence-corrected chi connectivity index (χ3v) is 3.42. The normalized spacial score (nSPS) is 10.3. The first-order valence-electron chi connectivity index (χ1n) is 6.39. The maximum Gasteiger partial charge on any atom is 0.323 e. The largest absolute Gasteiger partial charge is 0.495 e. The van der Waals surface area contributed by atoms with E-state index in [4.69, 9.17) is 16.3 Å². The quantitative estimate of drug-likeness (QED) is 0.792. The van der Waals surface area contributed by atoms with Gasteiger partial charge in [0.2, 0.25) is 0 Å². The number of carbonyl (C=O) groups excluding carboxylic acids is 1. The van der Waals surface area contributed by atoms with Gasteiger partial charge in [-0.2, -0.15) is 0 Å². The second-order valence-corrected chi connectivity index (χ2v) is 5.01. The topological polar surface area (TPSA) is 50.4 Å². The predicted octanol–water partition coefficient (Wildman–Crippen LogP) is 4.72. The van der Waals surface area contributed by atoms with E-state index in [0.717, 1.165) is 6.07 Å². The molecule has 2 N–H and O–H groups in total. The van der Waals surface area contributed by atoms with E-state index >= 15 is 0 Å². The summed E-state index contributed by atoms with van der Waals surface area (Å²) >= 11 is 5.95. The van der Waals surface area contributed by atoms with Gasteiger partial charge < -0.3 is 15.4 Å². The van der Waals surface area contributed by atoms with E-state index in [-0.39, 0.29) is 5.69 Å². The van der Waals surface area contributed by atoms with Crippen LogP contribution in [0.2, 0.25) is 5.02 Å². The number of halogens is 4. The third-order valence-electron chi connectivity index (χ3n) is 3.01. The molecule has 0 saturated heterocycles. The fourth-order valence-corrected chi connectivity index (χ4v) is 1.98. The van der Waals surface area contributed by atoms with E-state index in [9.17, 15) is 18.0 Å². The van der Waals surface area contributed by atoms with E-state index in [1.807, 2.05) is 0 Å². The van der Waals surface area contributed by atoms with Crippen molar-refractivity contribution >= 4 is 29.0 Å². The molecule has 122 valence electrons. The first kappa shape index (κ1) is 17.0. The van der Waals surface area contributed by atoms with Crippen molar-refractivity contribution in [3.63, 3.8) is 0 Å². The van der Waals surface area contributed by atoms with Gasteiger partial charge in [0.05, 0.1) is 18.5 Å². The fraction of sp³-hybridized carbons (Fsp3) is 0.133. The first-order chi connectivity index (χ1) is 10.8. The first-order valence-corrected chi connectivity index (χ1v) is 6.77. The Morgan fingerprint density at radius 3 is 2.39 bits per heavy atom. The molecular formula is C15H12ClF3N2O2. The Bertz CT molecular complexity index is 769. The van der Waals surface area contributed by atoms with Gasteiger partial charge in [-0.05, 0) is 30.7 Å². The molecule has 0 fully saturated rings. The summed E-state index contributed by atoms with van der Waals surface area (Å²) in [5.74, 6) is -4.20. The van der Waals surface area contributed by atoms with Crippen LogP contribution in [-0.2, 0) is 0 Å². The minimum absolute atomic E-state index is 0.287. The summed E-state index contributed by atoms with van der Waals surface area (Å²) in [7, 11) is 1.39. The number of rotatable bonds is 3. The summed E-state index contributed by atoms with van der Waals surface area (Å²) in [4.78, 5) is 11.9. The molecular weight excluding hydrogens is 333 g/mol. The zero-order valence-corrected chi connectivity index (χ0v) is 12.9. The van der Waals surface area contributed by atoms with Gasteiger partial charge in [0.15, 0.2) is 17.5 Å². The van der Waals surface area contributed by atoms with Crippen molar-refractivity contribution in [1.82, 2.24) is 0 Å². The van der Waals surface area contributed by atoms with Crippen LogP contribution in [0, 0.1) is 24.4 Å². The summed E-state index contributed by atoms with van der Waals surface area (Å²) in [5.41, 5.74) is 0.475. The van der Waals surface area contributed by atoms with Crippen LogP contribution in [0.25, 0.3) is 0 Å². The molecule has 0 aromatic heterocycles. The molecule has 2 aromatic rings. The van der Waals surface area contributed by atoms with Crippen LogP contribution in [0.15, 0.2) is 24.3 Å². The van der Waals surface area contributed by atoms with E-state index in [2.05, 4.69) is 10.6 Å². The van der Waals surface area contributed by atoms with Gasteiger partial charge in [0.1, 0.15) is 5.75 Å². The second kappa shape index (κ2) is 6.78. The molecule has 0 aliphatic heterocycles. The number of ether oxygens (including phenoxy) is 1. The Hall–Kier alpha value is -2.41. The van der Waals surface area contributed by atoms with Crippen molar-refractivity contribution in [2.24, 2.45) is 0 Å². The molecule has 0 aliphatic rings. The van der Waals surface area contributed by atoms with Gasteiger partial charge in [-0.1, -0.05) is 11.6 Å². The molecule has 2 aromatic carbocycles. The summed E-state index contributed by atoms with van der Waals surface area (Å²) in [6, 6.07) is 3.83. The Labute approximate surface area is 135 Å². The average molecular weight is 345 g/mol. The molecule has 0 unspecified atom stereocenters. The molecule has 0 spiro atoms. The predicted molar refractivity (Wildman–Crippen MR) is 81.7 cm³/mol. The highest BCUT2D eigenvalue weighted by atomic mass is 35.5. The molecule has 0 saturated carbocycles. The Morgan fingerprint density at radius 2 is 1.74 bits per heavy atom. The van der Waals surface area contributed by atoms with Gasteiger partial charge in [-0.3, -0.25) is 0 Å². The lowest BCUT2D eigenvalue weighted by atomic mass is 10.2. The minimum Gasteiger partial charge on any atom is -0.495 e. The monoisotopic (exact) mass is 344 g/mol. The number of hydrogen-bond donors (Lipinski definition) is 2. The van der Waals surface area contributed by atoms with Crippen LogP contribution >= 0.6 is 11.6 Å². The SMILES string of the molecule is COc1cc(Cl)c(C)cc1NC(=O)Nc1ccc(F)c(F)c1F. The fourth-order valence-electron chi connectivity index (χ4n) is 1.83. The zero-order valence-electron chi connectivity index (χ0n) is 12.1. The van der Waals surface area contributed by atoms with Gasteiger partial charge in [0.25, 0.3) is 0 Å². The lowest BCUT2D eigenvalue weighted by Crippen LogP contribution is -2.21. The zero-order chi connectivity index (χ0) is 17.1. The van der Waals surface area contributed by atoms with Crippen LogP contribution in [0.5, 0.6) is 5.75 Å². The molecule has 23 heavy (non-hydrogen) atoms. The molecule has 0 radical (unpaired) electrons. The third kappa shape index (κ3) is 3.68. The Morgan fingerprint density at radius 1 is 1.09 bits per heavy atom. The second-order valence-electron chi connectivity index (χ2n) is 4.60. The number of aryl methyl sites for hydroxylation is 1. The molecule has 2 rings (SSSR count). The maximum absolute atomic E-state index is 13.5. The average Bonchev–Trinajstić information content (AvgIpc) is 2.51. The number of benzene rings is 2. The number of hydrogen-bond acceptors (Lipinski definition) is 2. The summed E-state index contributed by atoms with van der Waals surface area (Å²) in [5, 5.41) is 4.96. The van der Waals surface area contributed by atoms with Gasteiger partial charge in [-0.25, -0.2) is 18.0 Å². The van der Waals surface area contributed by atoms with Crippen molar-refractivity contribution in [1.29, 1.82) is 0 Å². The van der Waals surface area contributed by atoms with Gasteiger partial charge >= 0.3 is 6.03 Å². The summed E-state index contributed by atoms with van der Waals surface area (Å²) in [6.07, 6.45) is 0. The summed E-state index contributed by atoms with van der Waals surface area (Å²) < 4.78 is 44.6. The van der Waals surface area contributed by atoms with Crippen LogP contribution in [-0.4, -0.2) is 13.1 Å². The van der Waals surface area contributed by atoms with Crippen molar-refractivity contribution in [3.05, 3.63) is 52.3 Å². The number of methoxy groups -OCH3 is 1. The van der Waals surface area contributed by atoms with Crippen molar-refractivity contribution in [2.45, 2.75) is 6.92 Å². The van der Waals surface area contributed by atoms with E-state index < -0.39 is 29.2 Å². The standard InChI is InChI=1S/C15H12ClF3N2O2/c1-7-5-11(12(23-2)6-8(7)16)21-15(22)20-10-4-3-9(17)13(18)14(10)19/h3-6H,1-2H3,(H2,20,21,22). The molecule has 8 heteroatoms. The van der Waals surface area contributed by atoms with Gasteiger partial charge in [0, 0.05) is 11.1 Å². The molecule has 0 bridgehead atoms. The number of anilines is 2. The Kier molecular flexibility index (Phi) is 5.00. The number of nitrogens with one attached hydrogen (secondary N) is 2. The van der Waals surface area contributed by atoms with Gasteiger partial charge in [-0.15, -0.1) is 0 Å². The van der Waals surface area contributed by atoms with E-state index in [1.54, 1.807) is 13.0 Å². The summed E-state index contributed by atoms with van der Waals surface area (Å²) in [6.45, 7) is 1.72. The maximum atomic E-state index is 13.5. The molecule has 2 amide bonds. The highest BCUT2D eigenvalue weighted by molar-refractivity contribution is 6.31. The minimum atomic E-state index is -1.66. The molecule has 0 atom stereocenters. The van der Waals surface area contributed by atoms with Crippen LogP contribution in [0.1, 0.15) is 5.56 Å². The van der Waals surface area contributed by atoms with Crippen molar-refractivity contribution in [3.8, 4) is 5.75 Å². The highest BCUT2D eigenvalue weighted by Crippen LogP contribution is 2.31. The number of amides is 2.